The normalized spacial score (nSPS) is 25.4. The van der Waals surface area contributed by atoms with Crippen LogP contribution in [0.3, 0.4) is 0 Å². The first kappa shape index (κ1) is 21.9. The zero-order valence-electron chi connectivity index (χ0n) is 19.2. The predicted molar refractivity (Wildman–Crippen MR) is 131 cm³/mol. The van der Waals surface area contributed by atoms with E-state index in [1.165, 1.54) is 0 Å². The van der Waals surface area contributed by atoms with Gasteiger partial charge in [0.2, 0.25) is 5.91 Å². The summed E-state index contributed by atoms with van der Waals surface area (Å²) in [6.07, 6.45) is 4.74. The average Bonchev–Trinajstić information content (AvgIpc) is 2.84. The SMILES string of the molecule is COc1ccc([C@H]2[C@H]3CCCC[C@]3(O)CCN2CC(=O)Nc2cccc3ccccc23)cc1. The zero-order valence-corrected chi connectivity index (χ0v) is 19.2. The van der Waals surface area contributed by atoms with Crippen molar-refractivity contribution in [2.24, 2.45) is 5.92 Å². The number of nitrogens with zero attached hydrogens (tertiary/aromatic N) is 1. The van der Waals surface area contributed by atoms with Crippen LogP contribution in [0, 0.1) is 5.92 Å². The highest BCUT2D eigenvalue weighted by atomic mass is 16.5. The molecule has 0 spiro atoms. The third-order valence-electron chi connectivity index (χ3n) is 7.54. The standard InChI is InChI=1S/C28H32N2O3/c1-33-22-14-12-21(13-15-22)27-24-10-4-5-16-28(24,32)17-18-30(27)19-26(31)29-25-11-6-8-20-7-2-3-9-23(20)25/h2-3,6-9,11-15,24,27,32H,4-5,10,16-19H2,1H3,(H,29,31)/t24-,27+,28+/m1/s1. The number of amides is 1. The molecule has 1 aliphatic heterocycles. The lowest BCUT2D eigenvalue weighted by Crippen LogP contribution is -2.56. The summed E-state index contributed by atoms with van der Waals surface area (Å²) < 4.78 is 5.35. The Balaban J connectivity index is 1.40. The van der Waals surface area contributed by atoms with Crippen LogP contribution in [0.25, 0.3) is 10.8 Å². The number of methoxy groups -OCH3 is 1. The minimum Gasteiger partial charge on any atom is -0.497 e. The molecule has 5 heteroatoms. The molecule has 0 unspecified atom stereocenters. The summed E-state index contributed by atoms with van der Waals surface area (Å²) in [5.74, 6) is 0.915. The molecule has 0 radical (unpaired) electrons. The Morgan fingerprint density at radius 1 is 1.06 bits per heavy atom. The smallest absolute Gasteiger partial charge is 0.238 e. The van der Waals surface area contributed by atoms with Gasteiger partial charge in [-0.15, -0.1) is 0 Å². The molecule has 2 fully saturated rings. The molecule has 1 aliphatic carbocycles. The number of fused-ring (bicyclic) bond motifs is 2. The lowest BCUT2D eigenvalue weighted by molar-refractivity contribution is -0.135. The van der Waals surface area contributed by atoms with E-state index in [0.29, 0.717) is 19.5 Å². The van der Waals surface area contributed by atoms with E-state index in [4.69, 9.17) is 4.74 Å². The maximum Gasteiger partial charge on any atom is 0.238 e. The third kappa shape index (κ3) is 4.35. The van der Waals surface area contributed by atoms with E-state index in [-0.39, 0.29) is 17.9 Å². The van der Waals surface area contributed by atoms with Crippen molar-refractivity contribution >= 4 is 22.4 Å². The van der Waals surface area contributed by atoms with E-state index >= 15 is 0 Å². The highest BCUT2D eigenvalue weighted by Gasteiger charge is 2.49. The maximum absolute atomic E-state index is 13.2. The molecule has 3 atom stereocenters. The van der Waals surface area contributed by atoms with Crippen molar-refractivity contribution in [3.63, 3.8) is 0 Å². The van der Waals surface area contributed by atoms with Crippen LogP contribution in [0.1, 0.15) is 43.7 Å². The minimum absolute atomic E-state index is 0.00761. The zero-order chi connectivity index (χ0) is 22.8. The van der Waals surface area contributed by atoms with Crippen molar-refractivity contribution in [3.8, 4) is 5.75 Å². The molecule has 0 bridgehead atoms. The van der Waals surface area contributed by atoms with Crippen LogP contribution in [-0.4, -0.2) is 41.7 Å². The fraction of sp³-hybridized carbons (Fsp3) is 0.393. The molecule has 5 rings (SSSR count). The molecule has 1 amide bonds. The van der Waals surface area contributed by atoms with Crippen molar-refractivity contribution in [2.75, 3.05) is 25.5 Å². The van der Waals surface area contributed by atoms with Gasteiger partial charge in [0.15, 0.2) is 0 Å². The van der Waals surface area contributed by atoms with Crippen LogP contribution >= 0.6 is 0 Å². The summed E-state index contributed by atoms with van der Waals surface area (Å²) >= 11 is 0. The average molecular weight is 445 g/mol. The number of hydrogen-bond donors (Lipinski definition) is 2. The van der Waals surface area contributed by atoms with Gasteiger partial charge in [-0.05, 0) is 48.4 Å². The number of ether oxygens (including phenoxy) is 1. The summed E-state index contributed by atoms with van der Waals surface area (Å²) in [4.78, 5) is 15.5. The highest BCUT2D eigenvalue weighted by molar-refractivity contribution is 6.02. The van der Waals surface area contributed by atoms with Gasteiger partial charge in [-0.2, -0.15) is 0 Å². The van der Waals surface area contributed by atoms with Crippen molar-refractivity contribution in [1.82, 2.24) is 4.90 Å². The van der Waals surface area contributed by atoms with Gasteiger partial charge in [-0.3, -0.25) is 9.69 Å². The van der Waals surface area contributed by atoms with E-state index in [1.807, 2.05) is 42.5 Å². The Bertz CT molecular complexity index is 1120. The molecule has 1 saturated heterocycles. The number of carbonyl (C=O) groups excluding carboxylic acids is 1. The predicted octanol–water partition coefficient (Wildman–Crippen LogP) is 5.16. The van der Waals surface area contributed by atoms with Crippen LogP contribution in [0.2, 0.25) is 0 Å². The molecule has 1 saturated carbocycles. The number of nitrogens with one attached hydrogen (secondary N) is 1. The molecule has 172 valence electrons. The van der Waals surface area contributed by atoms with Gasteiger partial charge < -0.3 is 15.2 Å². The van der Waals surface area contributed by atoms with Crippen molar-refractivity contribution in [1.29, 1.82) is 0 Å². The first-order chi connectivity index (χ1) is 16.1. The second-order valence-electron chi connectivity index (χ2n) is 9.47. The Labute approximate surface area is 195 Å². The quantitative estimate of drug-likeness (QED) is 0.571. The molecule has 0 aromatic heterocycles. The van der Waals surface area contributed by atoms with Gasteiger partial charge in [0.05, 0.1) is 19.3 Å². The largest absolute Gasteiger partial charge is 0.497 e. The fourth-order valence-electron chi connectivity index (χ4n) is 5.87. The van der Waals surface area contributed by atoms with Crippen molar-refractivity contribution in [2.45, 2.75) is 43.7 Å². The highest BCUT2D eigenvalue weighted by Crippen LogP contribution is 2.49. The van der Waals surface area contributed by atoms with E-state index in [1.54, 1.807) is 7.11 Å². The van der Waals surface area contributed by atoms with Crippen LogP contribution < -0.4 is 10.1 Å². The number of piperidine rings is 1. The number of likely N-dealkylation sites (tertiary alicyclic amines) is 1. The Kier molecular flexibility index (Phi) is 6.09. The second kappa shape index (κ2) is 9.16. The van der Waals surface area contributed by atoms with Crippen molar-refractivity contribution < 1.29 is 14.6 Å². The Morgan fingerprint density at radius 3 is 2.67 bits per heavy atom. The molecule has 2 aliphatic rings. The van der Waals surface area contributed by atoms with E-state index in [0.717, 1.165) is 53.5 Å². The van der Waals surface area contributed by atoms with Gasteiger partial charge in [0.1, 0.15) is 5.75 Å². The second-order valence-corrected chi connectivity index (χ2v) is 9.47. The number of carbonyl (C=O) groups is 1. The first-order valence-corrected chi connectivity index (χ1v) is 12.0. The van der Waals surface area contributed by atoms with Crippen LogP contribution in [0.5, 0.6) is 5.75 Å². The molecule has 5 nitrogen and oxygen atoms in total. The van der Waals surface area contributed by atoms with E-state index < -0.39 is 5.60 Å². The summed E-state index contributed by atoms with van der Waals surface area (Å²) in [7, 11) is 1.67. The van der Waals surface area contributed by atoms with Crippen LogP contribution in [0.4, 0.5) is 5.69 Å². The summed E-state index contributed by atoms with van der Waals surface area (Å²) in [6, 6.07) is 22.2. The summed E-state index contributed by atoms with van der Waals surface area (Å²) in [5, 5.41) is 16.8. The lowest BCUT2D eigenvalue weighted by Gasteiger charge is -2.52. The van der Waals surface area contributed by atoms with Gasteiger partial charge in [-0.25, -0.2) is 0 Å². The van der Waals surface area contributed by atoms with Gasteiger partial charge in [0, 0.05) is 29.6 Å². The maximum atomic E-state index is 13.2. The molecule has 3 aromatic rings. The van der Waals surface area contributed by atoms with Gasteiger partial charge in [0.25, 0.3) is 0 Å². The number of benzene rings is 3. The lowest BCUT2D eigenvalue weighted by atomic mass is 9.66. The third-order valence-corrected chi connectivity index (χ3v) is 7.54. The number of aliphatic hydroxyl groups is 1. The Hall–Kier alpha value is -2.89. The topological polar surface area (TPSA) is 61.8 Å². The number of rotatable bonds is 5. The summed E-state index contributed by atoms with van der Waals surface area (Å²) in [6.45, 7) is 0.999. The first-order valence-electron chi connectivity index (χ1n) is 12.0. The monoisotopic (exact) mass is 444 g/mol. The Morgan fingerprint density at radius 2 is 1.85 bits per heavy atom. The molecule has 2 N–H and O–H groups in total. The van der Waals surface area contributed by atoms with Gasteiger partial charge in [-0.1, -0.05) is 61.4 Å². The fourth-order valence-corrected chi connectivity index (χ4v) is 5.87. The van der Waals surface area contributed by atoms with Crippen molar-refractivity contribution in [3.05, 3.63) is 72.3 Å². The molecule has 1 heterocycles. The molecule has 3 aromatic carbocycles. The number of anilines is 1. The van der Waals surface area contributed by atoms with Crippen LogP contribution in [0.15, 0.2) is 66.7 Å². The summed E-state index contributed by atoms with van der Waals surface area (Å²) in [5.41, 5.74) is 1.33. The van der Waals surface area contributed by atoms with E-state index in [2.05, 4.69) is 34.5 Å². The molecular formula is C28H32N2O3. The van der Waals surface area contributed by atoms with Gasteiger partial charge >= 0.3 is 0 Å². The number of hydrogen-bond acceptors (Lipinski definition) is 4. The van der Waals surface area contributed by atoms with E-state index in [9.17, 15) is 9.90 Å². The minimum atomic E-state index is -0.647. The van der Waals surface area contributed by atoms with Crippen LogP contribution in [-0.2, 0) is 4.79 Å². The molecular weight excluding hydrogens is 412 g/mol. The molecule has 33 heavy (non-hydrogen) atoms.